The van der Waals surface area contributed by atoms with E-state index in [9.17, 15) is 4.79 Å². The second-order valence-corrected chi connectivity index (χ2v) is 3.00. The lowest BCUT2D eigenvalue weighted by molar-refractivity contribution is 0.112. The van der Waals surface area contributed by atoms with E-state index >= 15 is 0 Å². The number of carbonyl (C=O) groups is 1. The van der Waals surface area contributed by atoms with E-state index in [2.05, 4.69) is 10.3 Å². The minimum Gasteiger partial charge on any atom is -0.388 e. The Morgan fingerprint density at radius 3 is 2.93 bits per heavy atom. The number of pyridine rings is 1. The third kappa shape index (κ3) is 1.33. The van der Waals surface area contributed by atoms with Crippen molar-refractivity contribution in [3.05, 3.63) is 36.0 Å². The molecule has 1 N–H and O–H groups in total. The molecule has 3 heteroatoms. The van der Waals surface area contributed by atoms with Gasteiger partial charge in [0.05, 0.1) is 5.52 Å². The molecular weight excluding hydrogens is 176 g/mol. The fraction of sp³-hybridized carbons (Fsp3) is 0.0909. The number of carbonyl (C=O) groups excluding carboxylic acids is 1. The van der Waals surface area contributed by atoms with Crippen molar-refractivity contribution in [3.63, 3.8) is 0 Å². The van der Waals surface area contributed by atoms with Crippen LogP contribution in [0.15, 0.2) is 30.5 Å². The lowest BCUT2D eigenvalue weighted by Crippen LogP contribution is -1.91. The molecule has 0 radical (unpaired) electrons. The van der Waals surface area contributed by atoms with Crippen LogP contribution in [-0.4, -0.2) is 18.3 Å². The summed E-state index contributed by atoms with van der Waals surface area (Å²) in [6.45, 7) is 0. The molecule has 14 heavy (non-hydrogen) atoms. The Hall–Kier alpha value is -1.90. The van der Waals surface area contributed by atoms with E-state index in [1.807, 2.05) is 25.2 Å². The maximum atomic E-state index is 10.6. The maximum Gasteiger partial charge on any atom is 0.150 e. The Bertz CT molecular complexity index is 480. The summed E-state index contributed by atoms with van der Waals surface area (Å²) in [5, 5.41) is 4.04. The van der Waals surface area contributed by atoms with E-state index in [0.29, 0.717) is 5.56 Å². The van der Waals surface area contributed by atoms with Gasteiger partial charge in [0, 0.05) is 29.9 Å². The van der Waals surface area contributed by atoms with Gasteiger partial charge in [-0.25, -0.2) is 0 Å². The molecule has 1 heterocycles. The molecule has 0 fully saturated rings. The summed E-state index contributed by atoms with van der Waals surface area (Å²) in [6, 6.07) is 7.33. The zero-order valence-electron chi connectivity index (χ0n) is 7.82. The van der Waals surface area contributed by atoms with Crippen LogP contribution in [-0.2, 0) is 0 Å². The number of nitrogens with one attached hydrogen (secondary N) is 1. The summed E-state index contributed by atoms with van der Waals surface area (Å²) in [5.74, 6) is 0. The molecule has 2 aromatic rings. The fourth-order valence-electron chi connectivity index (χ4n) is 1.46. The van der Waals surface area contributed by atoms with Crippen molar-refractivity contribution in [2.45, 2.75) is 0 Å². The van der Waals surface area contributed by atoms with E-state index in [1.165, 1.54) is 0 Å². The van der Waals surface area contributed by atoms with Crippen molar-refractivity contribution < 1.29 is 4.79 Å². The van der Waals surface area contributed by atoms with Crippen LogP contribution in [0.4, 0.5) is 5.69 Å². The Kier molecular flexibility index (Phi) is 2.14. The van der Waals surface area contributed by atoms with E-state index < -0.39 is 0 Å². The Morgan fingerprint density at radius 1 is 1.36 bits per heavy atom. The van der Waals surface area contributed by atoms with Gasteiger partial charge in [0.25, 0.3) is 0 Å². The normalized spacial score (nSPS) is 10.1. The highest BCUT2D eigenvalue weighted by atomic mass is 16.1. The van der Waals surface area contributed by atoms with Gasteiger partial charge in [0.2, 0.25) is 0 Å². The molecule has 0 aliphatic carbocycles. The topological polar surface area (TPSA) is 42.0 Å². The summed E-state index contributed by atoms with van der Waals surface area (Å²) in [4.78, 5) is 14.8. The molecular formula is C11H10N2O. The predicted molar refractivity (Wildman–Crippen MR) is 56.7 cm³/mol. The average molecular weight is 186 g/mol. The molecule has 2 rings (SSSR count). The van der Waals surface area contributed by atoms with Crippen LogP contribution in [0.2, 0.25) is 0 Å². The Morgan fingerprint density at radius 2 is 2.21 bits per heavy atom. The fourth-order valence-corrected chi connectivity index (χ4v) is 1.46. The van der Waals surface area contributed by atoms with Crippen LogP contribution in [0.25, 0.3) is 10.9 Å². The van der Waals surface area contributed by atoms with Crippen LogP contribution in [0.5, 0.6) is 0 Å². The highest BCUT2D eigenvalue weighted by Crippen LogP contribution is 2.21. The molecule has 1 aromatic carbocycles. The largest absolute Gasteiger partial charge is 0.388 e. The van der Waals surface area contributed by atoms with Crippen molar-refractivity contribution in [2.75, 3.05) is 12.4 Å². The molecule has 0 aliphatic rings. The molecule has 0 aliphatic heterocycles. The van der Waals surface area contributed by atoms with Gasteiger partial charge in [-0.2, -0.15) is 0 Å². The molecule has 0 saturated carbocycles. The van der Waals surface area contributed by atoms with E-state index in [-0.39, 0.29) is 0 Å². The first-order valence-electron chi connectivity index (χ1n) is 4.37. The number of hydrogen-bond acceptors (Lipinski definition) is 3. The number of aldehydes is 1. The van der Waals surface area contributed by atoms with Gasteiger partial charge in [0.15, 0.2) is 0 Å². The summed E-state index contributed by atoms with van der Waals surface area (Å²) in [7, 11) is 1.85. The van der Waals surface area contributed by atoms with Gasteiger partial charge < -0.3 is 5.32 Å². The zero-order chi connectivity index (χ0) is 9.97. The van der Waals surface area contributed by atoms with Crippen LogP contribution < -0.4 is 5.32 Å². The molecule has 0 spiro atoms. The van der Waals surface area contributed by atoms with Crippen molar-refractivity contribution in [1.29, 1.82) is 0 Å². The summed E-state index contributed by atoms with van der Waals surface area (Å²) >= 11 is 0. The Balaban J connectivity index is 2.76. The van der Waals surface area contributed by atoms with Gasteiger partial charge in [-0.1, -0.05) is 0 Å². The standard InChI is InChI=1S/C11H10N2O/c1-12-10-4-5-13-11-3-2-8(7-14)6-9(10)11/h2-7H,1H3,(H,12,13). The predicted octanol–water partition coefficient (Wildman–Crippen LogP) is 2.09. The number of rotatable bonds is 2. The minimum atomic E-state index is 0.669. The van der Waals surface area contributed by atoms with Gasteiger partial charge in [-0.3, -0.25) is 9.78 Å². The average Bonchev–Trinajstić information content (AvgIpc) is 2.27. The monoisotopic (exact) mass is 186 g/mol. The minimum absolute atomic E-state index is 0.669. The molecule has 0 bridgehead atoms. The summed E-state index contributed by atoms with van der Waals surface area (Å²) in [6.07, 6.45) is 2.58. The molecule has 70 valence electrons. The van der Waals surface area contributed by atoms with Gasteiger partial charge in [-0.15, -0.1) is 0 Å². The van der Waals surface area contributed by atoms with E-state index in [4.69, 9.17) is 0 Å². The SMILES string of the molecule is CNc1ccnc2ccc(C=O)cc12. The lowest BCUT2D eigenvalue weighted by Gasteiger charge is -2.04. The summed E-state index contributed by atoms with van der Waals surface area (Å²) < 4.78 is 0. The smallest absolute Gasteiger partial charge is 0.150 e. The second-order valence-electron chi connectivity index (χ2n) is 3.00. The third-order valence-corrected chi connectivity index (χ3v) is 2.17. The van der Waals surface area contributed by atoms with Crippen LogP contribution in [0.1, 0.15) is 10.4 Å². The van der Waals surface area contributed by atoms with Crippen molar-refractivity contribution in [2.24, 2.45) is 0 Å². The first kappa shape index (κ1) is 8.69. The van der Waals surface area contributed by atoms with Crippen LogP contribution in [0.3, 0.4) is 0 Å². The first-order chi connectivity index (χ1) is 6.85. The van der Waals surface area contributed by atoms with Gasteiger partial charge in [-0.05, 0) is 24.3 Å². The molecule has 3 nitrogen and oxygen atoms in total. The number of nitrogens with zero attached hydrogens (tertiary/aromatic N) is 1. The molecule has 0 saturated heterocycles. The number of anilines is 1. The second kappa shape index (κ2) is 3.46. The maximum absolute atomic E-state index is 10.6. The number of aromatic nitrogens is 1. The van der Waals surface area contributed by atoms with Crippen molar-refractivity contribution in [1.82, 2.24) is 4.98 Å². The number of hydrogen-bond donors (Lipinski definition) is 1. The van der Waals surface area contributed by atoms with E-state index in [1.54, 1.807) is 12.3 Å². The lowest BCUT2D eigenvalue weighted by atomic mass is 10.1. The quantitative estimate of drug-likeness (QED) is 0.730. The molecule has 0 amide bonds. The van der Waals surface area contributed by atoms with Gasteiger partial charge >= 0.3 is 0 Å². The molecule has 0 atom stereocenters. The van der Waals surface area contributed by atoms with Crippen LogP contribution in [0, 0.1) is 0 Å². The van der Waals surface area contributed by atoms with Crippen molar-refractivity contribution >= 4 is 22.9 Å². The molecule has 1 aromatic heterocycles. The Labute approximate surface area is 81.8 Å². The summed E-state index contributed by atoms with van der Waals surface area (Å²) in [5.41, 5.74) is 2.54. The number of benzene rings is 1. The molecule has 0 unspecified atom stereocenters. The van der Waals surface area contributed by atoms with E-state index in [0.717, 1.165) is 22.9 Å². The zero-order valence-corrected chi connectivity index (χ0v) is 7.82. The first-order valence-corrected chi connectivity index (χ1v) is 4.37. The van der Waals surface area contributed by atoms with Gasteiger partial charge in [0.1, 0.15) is 6.29 Å². The third-order valence-electron chi connectivity index (χ3n) is 2.17. The van der Waals surface area contributed by atoms with Crippen LogP contribution >= 0.6 is 0 Å². The highest BCUT2D eigenvalue weighted by Gasteiger charge is 2.00. The number of fused-ring (bicyclic) bond motifs is 1. The van der Waals surface area contributed by atoms with Crippen molar-refractivity contribution in [3.8, 4) is 0 Å². The highest BCUT2D eigenvalue weighted by molar-refractivity contribution is 5.94.